The minimum absolute atomic E-state index is 0.266. The first-order valence-corrected chi connectivity index (χ1v) is 7.45. The van der Waals surface area contributed by atoms with Gasteiger partial charge in [0.05, 0.1) is 7.11 Å². The monoisotopic (exact) mass is 378 g/mol. The Morgan fingerprint density at radius 1 is 1.17 bits per heavy atom. The van der Waals surface area contributed by atoms with E-state index in [0.29, 0.717) is 22.7 Å². The van der Waals surface area contributed by atoms with Crippen LogP contribution in [0.3, 0.4) is 0 Å². The van der Waals surface area contributed by atoms with Gasteiger partial charge < -0.3 is 20.5 Å². The zero-order chi connectivity index (χ0) is 16.8. The highest BCUT2D eigenvalue weighted by Gasteiger charge is 2.11. The summed E-state index contributed by atoms with van der Waals surface area (Å²) < 4.78 is 11.2. The number of methoxy groups -OCH3 is 1. The van der Waals surface area contributed by atoms with Gasteiger partial charge in [-0.3, -0.25) is 9.59 Å². The first-order valence-electron chi connectivity index (χ1n) is 6.65. The minimum Gasteiger partial charge on any atom is -0.493 e. The molecule has 2 amide bonds. The molecule has 0 aromatic heterocycles. The molecule has 0 saturated carbocycles. The van der Waals surface area contributed by atoms with Gasteiger partial charge in [0, 0.05) is 21.8 Å². The molecular weight excluding hydrogens is 364 g/mol. The molecule has 7 heteroatoms. The van der Waals surface area contributed by atoms with Crippen molar-refractivity contribution in [1.29, 1.82) is 0 Å². The van der Waals surface area contributed by atoms with Crippen molar-refractivity contribution in [1.82, 2.24) is 0 Å². The van der Waals surface area contributed by atoms with Crippen molar-refractivity contribution < 1.29 is 19.1 Å². The summed E-state index contributed by atoms with van der Waals surface area (Å²) in [6, 6.07) is 11.9. The number of carbonyl (C=O) groups is 2. The standard InChI is InChI=1S/C16H15BrN2O4/c1-22-13-6-5-12(8-14(13)23-9-15(18)20)19-16(21)10-3-2-4-11(17)7-10/h2-8H,9H2,1H3,(H2,18,20)(H,19,21). The summed E-state index contributed by atoms with van der Waals surface area (Å²) in [4.78, 5) is 23.1. The molecule has 0 heterocycles. The predicted octanol–water partition coefficient (Wildman–Crippen LogP) is 2.57. The van der Waals surface area contributed by atoms with Crippen molar-refractivity contribution in [3.63, 3.8) is 0 Å². The lowest BCUT2D eigenvalue weighted by atomic mass is 10.2. The van der Waals surface area contributed by atoms with Gasteiger partial charge in [0.2, 0.25) is 0 Å². The fourth-order valence-electron chi connectivity index (χ4n) is 1.85. The Morgan fingerprint density at radius 2 is 1.96 bits per heavy atom. The van der Waals surface area contributed by atoms with Crippen molar-refractivity contribution in [2.75, 3.05) is 19.0 Å². The normalized spacial score (nSPS) is 10.0. The van der Waals surface area contributed by atoms with Crippen molar-refractivity contribution >= 4 is 33.4 Å². The van der Waals surface area contributed by atoms with Crippen molar-refractivity contribution in [2.24, 2.45) is 5.73 Å². The lowest BCUT2D eigenvalue weighted by Crippen LogP contribution is -2.20. The van der Waals surface area contributed by atoms with Gasteiger partial charge in [0.1, 0.15) is 0 Å². The Bertz CT molecular complexity index is 734. The largest absolute Gasteiger partial charge is 0.493 e. The van der Waals surface area contributed by atoms with Crippen molar-refractivity contribution in [3.05, 3.63) is 52.5 Å². The van der Waals surface area contributed by atoms with Gasteiger partial charge in [0.25, 0.3) is 11.8 Å². The molecule has 2 aromatic rings. The van der Waals surface area contributed by atoms with E-state index < -0.39 is 5.91 Å². The van der Waals surface area contributed by atoms with Gasteiger partial charge in [-0.15, -0.1) is 0 Å². The molecule has 0 aliphatic heterocycles. The fourth-order valence-corrected chi connectivity index (χ4v) is 2.25. The number of anilines is 1. The number of carbonyl (C=O) groups excluding carboxylic acids is 2. The highest BCUT2D eigenvalue weighted by Crippen LogP contribution is 2.30. The third-order valence-electron chi connectivity index (χ3n) is 2.88. The maximum atomic E-state index is 12.2. The van der Waals surface area contributed by atoms with Crippen LogP contribution in [0.2, 0.25) is 0 Å². The summed E-state index contributed by atoms with van der Waals surface area (Å²) in [5, 5.41) is 2.75. The van der Waals surface area contributed by atoms with Crippen LogP contribution in [-0.2, 0) is 4.79 Å². The quantitative estimate of drug-likeness (QED) is 0.807. The van der Waals surface area contributed by atoms with Crippen molar-refractivity contribution in [2.45, 2.75) is 0 Å². The van der Waals surface area contributed by atoms with Gasteiger partial charge >= 0.3 is 0 Å². The summed E-state index contributed by atoms with van der Waals surface area (Å²) in [6.07, 6.45) is 0. The molecule has 6 nitrogen and oxygen atoms in total. The van der Waals surface area contributed by atoms with E-state index in [9.17, 15) is 9.59 Å². The lowest BCUT2D eigenvalue weighted by Gasteiger charge is -2.12. The summed E-state index contributed by atoms with van der Waals surface area (Å²) in [5.41, 5.74) is 6.08. The number of amides is 2. The highest BCUT2D eigenvalue weighted by atomic mass is 79.9. The van der Waals surface area contributed by atoms with E-state index in [-0.39, 0.29) is 12.5 Å². The molecule has 0 unspecified atom stereocenters. The van der Waals surface area contributed by atoms with Gasteiger partial charge in [-0.1, -0.05) is 22.0 Å². The number of hydrogen-bond acceptors (Lipinski definition) is 4. The van der Waals surface area contributed by atoms with Crippen LogP contribution >= 0.6 is 15.9 Å². The Morgan fingerprint density at radius 3 is 2.61 bits per heavy atom. The molecule has 0 saturated heterocycles. The molecular formula is C16H15BrN2O4. The van der Waals surface area contributed by atoms with E-state index in [0.717, 1.165) is 4.47 Å². The fraction of sp³-hybridized carbons (Fsp3) is 0.125. The Balaban J connectivity index is 2.17. The van der Waals surface area contributed by atoms with Gasteiger partial charge in [-0.2, -0.15) is 0 Å². The number of ether oxygens (including phenoxy) is 2. The number of nitrogens with one attached hydrogen (secondary N) is 1. The van der Waals surface area contributed by atoms with Crippen molar-refractivity contribution in [3.8, 4) is 11.5 Å². The Labute approximate surface area is 141 Å². The van der Waals surface area contributed by atoms with Crippen LogP contribution in [0.1, 0.15) is 10.4 Å². The number of benzene rings is 2. The summed E-state index contributed by atoms with van der Waals surface area (Å²) in [5.74, 6) is -0.113. The molecule has 3 N–H and O–H groups in total. The third kappa shape index (κ3) is 4.72. The Kier molecular flexibility index (Phi) is 5.59. The van der Waals surface area contributed by atoms with E-state index in [1.807, 2.05) is 6.07 Å². The summed E-state index contributed by atoms with van der Waals surface area (Å²) in [6.45, 7) is -0.278. The number of rotatable bonds is 6. The number of primary amides is 1. The second-order valence-electron chi connectivity index (χ2n) is 4.59. The minimum atomic E-state index is -0.601. The molecule has 0 radical (unpaired) electrons. The van der Waals surface area contributed by atoms with E-state index in [4.69, 9.17) is 15.2 Å². The number of hydrogen-bond donors (Lipinski definition) is 2. The van der Waals surface area contributed by atoms with Gasteiger partial charge in [-0.25, -0.2) is 0 Å². The second kappa shape index (κ2) is 7.64. The molecule has 0 bridgehead atoms. The van der Waals surface area contributed by atoms with E-state index in [2.05, 4.69) is 21.2 Å². The predicted molar refractivity (Wildman–Crippen MR) is 89.8 cm³/mol. The first-order chi connectivity index (χ1) is 11.0. The van der Waals surface area contributed by atoms with Crippen LogP contribution in [0.25, 0.3) is 0 Å². The molecule has 0 aliphatic carbocycles. The van der Waals surface area contributed by atoms with Crippen LogP contribution in [0.4, 0.5) is 5.69 Å². The molecule has 23 heavy (non-hydrogen) atoms. The second-order valence-corrected chi connectivity index (χ2v) is 5.50. The maximum Gasteiger partial charge on any atom is 0.255 e. The van der Waals surface area contributed by atoms with Crippen LogP contribution in [0, 0.1) is 0 Å². The lowest BCUT2D eigenvalue weighted by molar-refractivity contribution is -0.119. The molecule has 0 atom stereocenters. The average molecular weight is 379 g/mol. The van der Waals surface area contributed by atoms with E-state index in [1.54, 1.807) is 36.4 Å². The van der Waals surface area contributed by atoms with Crippen LogP contribution < -0.4 is 20.5 Å². The highest BCUT2D eigenvalue weighted by molar-refractivity contribution is 9.10. The number of nitrogens with two attached hydrogens (primary N) is 1. The van der Waals surface area contributed by atoms with Crippen LogP contribution in [-0.4, -0.2) is 25.5 Å². The zero-order valence-electron chi connectivity index (χ0n) is 12.3. The zero-order valence-corrected chi connectivity index (χ0v) is 13.9. The molecule has 0 spiro atoms. The first kappa shape index (κ1) is 16.8. The maximum absolute atomic E-state index is 12.2. The van der Waals surface area contributed by atoms with Crippen LogP contribution in [0.5, 0.6) is 11.5 Å². The molecule has 120 valence electrons. The van der Waals surface area contributed by atoms with Gasteiger partial charge in [0.15, 0.2) is 18.1 Å². The smallest absolute Gasteiger partial charge is 0.255 e. The summed E-state index contributed by atoms with van der Waals surface area (Å²) >= 11 is 3.32. The molecule has 2 aromatic carbocycles. The summed E-state index contributed by atoms with van der Waals surface area (Å²) in [7, 11) is 1.48. The molecule has 0 aliphatic rings. The number of halogens is 1. The average Bonchev–Trinajstić information content (AvgIpc) is 2.53. The van der Waals surface area contributed by atoms with E-state index in [1.165, 1.54) is 7.11 Å². The topological polar surface area (TPSA) is 90.7 Å². The van der Waals surface area contributed by atoms with Gasteiger partial charge in [-0.05, 0) is 30.3 Å². The van der Waals surface area contributed by atoms with E-state index >= 15 is 0 Å². The van der Waals surface area contributed by atoms with Crippen LogP contribution in [0.15, 0.2) is 46.9 Å². The Hall–Kier alpha value is -2.54. The molecule has 2 rings (SSSR count). The molecule has 0 fully saturated rings. The SMILES string of the molecule is COc1ccc(NC(=O)c2cccc(Br)c2)cc1OCC(N)=O. The third-order valence-corrected chi connectivity index (χ3v) is 3.37.